The number of ether oxygens (including phenoxy) is 1. The first kappa shape index (κ1) is 66.1. The van der Waals surface area contributed by atoms with E-state index in [1.165, 1.54) is 53.9 Å². The van der Waals surface area contributed by atoms with Gasteiger partial charge in [0.25, 0.3) is 5.69 Å². The molecule has 0 spiro atoms. The van der Waals surface area contributed by atoms with Gasteiger partial charge in [0.2, 0.25) is 45.8 Å². The van der Waals surface area contributed by atoms with Crippen LogP contribution >= 0.6 is 0 Å². The molecule has 4 heterocycles. The van der Waals surface area contributed by atoms with Gasteiger partial charge in [-0.25, -0.2) is 8.42 Å². The number of nitrogens with two attached hydrogens (primary N) is 1. The third kappa shape index (κ3) is 15.6. The molecule has 1 aromatic heterocycles. The number of hydrogen-bond donors (Lipinski definition) is 4. The van der Waals surface area contributed by atoms with Gasteiger partial charge in [0.15, 0.2) is 6.20 Å². The SMILES string of the molecule is CC(C)CC[C@@H](C)[C@H]1CC[C@H]2[C@@H]3CC=C4C[C@H](OC(=O)CNC(=O)[C@@H]5CCCN5C(=O)[C@H](CC(C)C)NC(=O)[C@H](CCC(N)=O)NC(=O)[C@@H]5CCCN5C(=O)[C@@H]5CCCN5C(=O)c5cccc[n+]5C)CC[C@]4(C)[C@H]3CC[C@]12C.COS(=O)(=O)[O-]. The molecule has 3 saturated carbocycles. The normalized spacial score (nSPS) is 29.3. The van der Waals surface area contributed by atoms with Gasteiger partial charge in [-0.15, -0.1) is 0 Å². The summed E-state index contributed by atoms with van der Waals surface area (Å²) in [5, 5.41) is 8.39. The molecule has 4 aliphatic carbocycles. The van der Waals surface area contributed by atoms with Crippen molar-refractivity contribution < 1.29 is 64.8 Å². The molecular weight excluding hydrogens is 1100 g/mol. The predicted octanol–water partition coefficient (Wildman–Crippen LogP) is 5.15. The molecule has 0 bridgehead atoms. The number of nitrogens with one attached hydrogen (secondary N) is 3. The van der Waals surface area contributed by atoms with Crippen molar-refractivity contribution in [3.63, 3.8) is 0 Å². The van der Waals surface area contributed by atoms with Gasteiger partial charge in [0.1, 0.15) is 49.9 Å². The Morgan fingerprint density at radius 2 is 1.43 bits per heavy atom. The first-order valence-corrected chi connectivity index (χ1v) is 32.4. The first-order valence-electron chi connectivity index (χ1n) is 31.1. The Kier molecular flexibility index (Phi) is 22.3. The number of aryl methyl sites for hydroxylation is 1. The van der Waals surface area contributed by atoms with Crippen LogP contribution in [0.4, 0.5) is 0 Å². The Morgan fingerprint density at radius 3 is 2.07 bits per heavy atom. The van der Waals surface area contributed by atoms with Gasteiger partial charge in [-0.05, 0) is 155 Å². The van der Waals surface area contributed by atoms with Crippen molar-refractivity contribution in [1.29, 1.82) is 0 Å². The lowest BCUT2D eigenvalue weighted by Crippen LogP contribution is -2.59. The largest absolute Gasteiger partial charge is 0.726 e. The van der Waals surface area contributed by atoms with Crippen LogP contribution in [0.5, 0.6) is 0 Å². The second-order valence-corrected chi connectivity index (χ2v) is 27.7. The van der Waals surface area contributed by atoms with E-state index in [2.05, 4.69) is 60.8 Å². The summed E-state index contributed by atoms with van der Waals surface area (Å²) in [6, 6.07) is 0.377. The van der Waals surface area contributed by atoms with Crippen molar-refractivity contribution in [2.24, 2.45) is 65.0 Å². The molecule has 0 radical (unpaired) electrons. The summed E-state index contributed by atoms with van der Waals surface area (Å²) >= 11 is 0. The molecule has 0 aromatic carbocycles. The number of esters is 1. The molecule has 0 unspecified atom stereocenters. The molecule has 13 atom stereocenters. The molecule has 468 valence electrons. The predicted molar refractivity (Wildman–Crippen MR) is 311 cm³/mol. The minimum atomic E-state index is -4.41. The number of aromatic nitrogens is 1. The standard InChI is InChI=1S/C61H92N8O9.CH4O4S/c1-37(2)18-19-39(5)43-22-23-44-42-21-20-40-35-41(26-28-60(40,6)45(42)27-29-61(43,44)7)78-53(71)36-63-55(73)48-15-11-31-67(48)57(75)47(34-38(3)4)65-54(72)46(24-25-52(62)70)64-56(74)49-16-12-32-68(49)59(77)51-17-13-33-69(51)58(76)50-14-9-10-30-66(50)8;1-5-6(2,3)4/h9-10,14,20,30,37-39,41-49,51H,11-13,15-19,21-29,31-36H2,1-8H3,(H4-,62,63,64,65,70,72,73,74);1H3,(H,2,3,4)/t39-,41-,42+,43-,44+,45+,46+,47+,48+,49+,51+,60+,61-;/m1./s1. The molecule has 21 nitrogen and oxygen atoms in total. The molecule has 84 heavy (non-hydrogen) atoms. The average molecular weight is 1190 g/mol. The number of fused-ring (bicyclic) bond motifs is 5. The highest BCUT2D eigenvalue weighted by molar-refractivity contribution is 7.80. The van der Waals surface area contributed by atoms with E-state index < -0.39 is 76.1 Å². The second-order valence-electron chi connectivity index (χ2n) is 26.6. The van der Waals surface area contributed by atoms with Gasteiger partial charge >= 0.3 is 11.9 Å². The Labute approximate surface area is 498 Å². The number of primary amides is 1. The Hall–Kier alpha value is -5.48. The van der Waals surface area contributed by atoms with Crippen molar-refractivity contribution in [2.75, 3.05) is 33.3 Å². The molecule has 3 aliphatic heterocycles. The summed E-state index contributed by atoms with van der Waals surface area (Å²) < 4.78 is 38.8. The van der Waals surface area contributed by atoms with Crippen LogP contribution in [0.15, 0.2) is 36.0 Å². The number of carbonyl (C=O) groups is 8. The number of allylic oxidation sites excluding steroid dienone is 1. The molecule has 6 fully saturated rings. The van der Waals surface area contributed by atoms with Gasteiger partial charge in [-0.3, -0.25) is 42.5 Å². The fourth-order valence-corrected chi connectivity index (χ4v) is 16.0. The number of hydrogen-bond acceptors (Lipinski definition) is 13. The summed E-state index contributed by atoms with van der Waals surface area (Å²) in [5.74, 6) is 0.335. The summed E-state index contributed by atoms with van der Waals surface area (Å²) in [6.07, 6.45) is 18.2. The maximum absolute atomic E-state index is 14.5. The van der Waals surface area contributed by atoms with Crippen molar-refractivity contribution in [3.8, 4) is 0 Å². The number of amides is 7. The average Bonchev–Trinajstić information content (AvgIpc) is 1.96. The minimum absolute atomic E-state index is 0.0674. The van der Waals surface area contributed by atoms with Crippen LogP contribution in [0, 0.1) is 52.3 Å². The van der Waals surface area contributed by atoms with Gasteiger partial charge in [-0.1, -0.05) is 73.0 Å². The molecule has 22 heteroatoms. The van der Waals surface area contributed by atoms with E-state index in [0.717, 1.165) is 50.0 Å². The molecule has 5 N–H and O–H groups in total. The van der Waals surface area contributed by atoms with Gasteiger partial charge < -0.3 is 45.7 Å². The van der Waals surface area contributed by atoms with Crippen molar-refractivity contribution in [2.45, 2.75) is 207 Å². The highest BCUT2D eigenvalue weighted by Crippen LogP contribution is 2.67. The fourth-order valence-electron chi connectivity index (χ4n) is 16.0. The van der Waals surface area contributed by atoms with Crippen LogP contribution in [-0.2, 0) is 59.9 Å². The Bertz CT molecular complexity index is 2720. The van der Waals surface area contributed by atoms with Crippen LogP contribution in [0.2, 0.25) is 0 Å². The number of rotatable bonds is 21. The second kappa shape index (κ2) is 28.4. The summed E-state index contributed by atoms with van der Waals surface area (Å²) in [7, 11) is -1.84. The van der Waals surface area contributed by atoms with E-state index in [9.17, 15) is 51.3 Å². The zero-order valence-electron chi connectivity index (χ0n) is 51.2. The van der Waals surface area contributed by atoms with Crippen LogP contribution < -0.4 is 26.3 Å². The molecule has 1 aromatic rings. The number of pyridine rings is 1. The summed E-state index contributed by atoms with van der Waals surface area (Å²) in [5.41, 5.74) is 7.92. The molecule has 7 amide bonds. The lowest BCUT2D eigenvalue weighted by Gasteiger charge is -2.58. The van der Waals surface area contributed by atoms with E-state index in [4.69, 9.17) is 10.5 Å². The molecule has 3 saturated heterocycles. The topological polar surface area (TPSA) is 288 Å². The van der Waals surface area contributed by atoms with Crippen LogP contribution in [0.1, 0.15) is 181 Å². The summed E-state index contributed by atoms with van der Waals surface area (Å²) in [4.78, 5) is 115. The molecular formula is C62H96N8O13S. The zero-order chi connectivity index (χ0) is 61.4. The number of nitrogens with zero attached hydrogens (tertiary/aromatic N) is 4. The van der Waals surface area contributed by atoms with Gasteiger partial charge in [-0.2, -0.15) is 4.57 Å². The zero-order valence-corrected chi connectivity index (χ0v) is 52.1. The molecule has 8 rings (SSSR count). The lowest BCUT2D eigenvalue weighted by atomic mass is 9.47. The van der Waals surface area contributed by atoms with Crippen LogP contribution in [0.25, 0.3) is 0 Å². The van der Waals surface area contributed by atoms with E-state index in [0.29, 0.717) is 81.0 Å². The first-order chi connectivity index (χ1) is 39.7. The third-order valence-electron chi connectivity index (χ3n) is 20.3. The van der Waals surface area contributed by atoms with Crippen LogP contribution in [0.3, 0.4) is 0 Å². The third-order valence-corrected chi connectivity index (χ3v) is 20.7. The van der Waals surface area contributed by atoms with Crippen molar-refractivity contribution in [3.05, 3.63) is 41.7 Å². The number of likely N-dealkylation sites (tertiary alicyclic amines) is 3. The monoisotopic (exact) mass is 1190 g/mol. The van der Waals surface area contributed by atoms with Gasteiger partial charge in [0.05, 0.1) is 7.11 Å². The summed E-state index contributed by atoms with van der Waals surface area (Å²) in [6.45, 7) is 16.7. The van der Waals surface area contributed by atoms with E-state index >= 15 is 0 Å². The Balaban J connectivity index is 0.00000160. The maximum atomic E-state index is 14.5. The van der Waals surface area contributed by atoms with Gasteiger partial charge in [0, 0.05) is 44.6 Å². The minimum Gasteiger partial charge on any atom is -0.726 e. The highest BCUT2D eigenvalue weighted by Gasteiger charge is 2.59. The van der Waals surface area contributed by atoms with E-state index in [-0.39, 0.29) is 61.6 Å². The fraction of sp³-hybridized carbons (Fsp3) is 0.758. The van der Waals surface area contributed by atoms with E-state index in [1.54, 1.807) is 34.8 Å². The quantitative estimate of drug-likeness (QED) is 0.0408. The van der Waals surface area contributed by atoms with Crippen molar-refractivity contribution in [1.82, 2.24) is 30.7 Å². The smallest absolute Gasteiger partial charge is 0.325 e. The lowest BCUT2D eigenvalue weighted by molar-refractivity contribution is -0.673. The highest BCUT2D eigenvalue weighted by atomic mass is 32.3. The van der Waals surface area contributed by atoms with Crippen LogP contribution in [-0.4, -0.2) is 145 Å². The molecule has 7 aliphatic rings. The maximum Gasteiger partial charge on any atom is 0.325 e. The Morgan fingerprint density at radius 1 is 0.774 bits per heavy atom. The van der Waals surface area contributed by atoms with Crippen molar-refractivity contribution >= 4 is 57.7 Å². The number of carbonyl (C=O) groups excluding carboxylic acids is 8. The van der Waals surface area contributed by atoms with E-state index in [1.807, 2.05) is 19.9 Å².